The van der Waals surface area contributed by atoms with E-state index in [9.17, 15) is 14.0 Å². The molecule has 1 N–H and O–H groups in total. The van der Waals surface area contributed by atoms with Gasteiger partial charge >= 0.3 is 0 Å². The van der Waals surface area contributed by atoms with Gasteiger partial charge in [-0.3, -0.25) is 9.59 Å². The number of halogens is 1. The Hall–Kier alpha value is -2.54. The summed E-state index contributed by atoms with van der Waals surface area (Å²) in [6.07, 6.45) is 0.736. The predicted octanol–water partition coefficient (Wildman–Crippen LogP) is 3.26. The third-order valence-electron chi connectivity index (χ3n) is 4.27. The maximum Gasteiger partial charge on any atom is 0.259 e. The average Bonchev–Trinajstić information content (AvgIpc) is 2.66. The van der Waals surface area contributed by atoms with Crippen molar-refractivity contribution >= 4 is 23.6 Å². The fourth-order valence-corrected chi connectivity index (χ4v) is 3.86. The van der Waals surface area contributed by atoms with Crippen molar-refractivity contribution in [2.24, 2.45) is 0 Å². The molecular weight excluding hydrogens is 367 g/mol. The molecule has 3 rings (SSSR count). The number of benzene rings is 2. The van der Waals surface area contributed by atoms with Crippen molar-refractivity contribution < 1.29 is 18.7 Å². The third-order valence-corrected chi connectivity index (χ3v) is 5.40. The molecule has 0 radical (unpaired) electrons. The third kappa shape index (κ3) is 4.80. The van der Waals surface area contributed by atoms with Crippen LogP contribution in [-0.4, -0.2) is 43.2 Å². The summed E-state index contributed by atoms with van der Waals surface area (Å²) in [4.78, 5) is 26.7. The molecule has 7 heteroatoms. The van der Waals surface area contributed by atoms with Gasteiger partial charge in [0.1, 0.15) is 11.6 Å². The van der Waals surface area contributed by atoms with Crippen molar-refractivity contribution in [3.8, 4) is 5.75 Å². The van der Waals surface area contributed by atoms with Crippen LogP contribution in [0.4, 0.5) is 4.39 Å². The molecule has 0 bridgehead atoms. The SMILES string of the molecule is CN(C)C(=O)COc1cccc(C(=O)NC2CCSc3ccc(F)cc32)c1. The van der Waals surface area contributed by atoms with Crippen LogP contribution in [0.5, 0.6) is 5.75 Å². The minimum absolute atomic E-state index is 0.0927. The molecule has 0 aliphatic carbocycles. The van der Waals surface area contributed by atoms with E-state index in [0.717, 1.165) is 22.6 Å². The number of hydrogen-bond donors (Lipinski definition) is 1. The van der Waals surface area contributed by atoms with Crippen LogP contribution in [-0.2, 0) is 4.79 Å². The number of likely N-dealkylation sites (N-methyl/N-ethyl adjacent to an activating group) is 1. The first-order valence-corrected chi connectivity index (χ1v) is 9.59. The molecule has 1 aliphatic rings. The smallest absolute Gasteiger partial charge is 0.259 e. The Balaban J connectivity index is 1.70. The lowest BCUT2D eigenvalue weighted by atomic mass is 10.0. The van der Waals surface area contributed by atoms with E-state index in [0.29, 0.717) is 11.3 Å². The van der Waals surface area contributed by atoms with E-state index in [-0.39, 0.29) is 30.3 Å². The molecule has 0 saturated carbocycles. The van der Waals surface area contributed by atoms with E-state index in [4.69, 9.17) is 4.74 Å². The average molecular weight is 388 g/mol. The largest absolute Gasteiger partial charge is 0.484 e. The zero-order chi connectivity index (χ0) is 19.4. The Labute approximate surface area is 161 Å². The van der Waals surface area contributed by atoms with Gasteiger partial charge in [-0.05, 0) is 48.4 Å². The van der Waals surface area contributed by atoms with Crippen LogP contribution in [0, 0.1) is 5.82 Å². The fraction of sp³-hybridized carbons (Fsp3) is 0.300. The number of carbonyl (C=O) groups excluding carboxylic acids is 2. The van der Waals surface area contributed by atoms with Gasteiger partial charge < -0.3 is 15.0 Å². The molecule has 1 aliphatic heterocycles. The quantitative estimate of drug-likeness (QED) is 0.854. The van der Waals surface area contributed by atoms with Crippen LogP contribution in [0.25, 0.3) is 0 Å². The van der Waals surface area contributed by atoms with Crippen molar-refractivity contribution in [3.63, 3.8) is 0 Å². The molecule has 5 nitrogen and oxygen atoms in total. The van der Waals surface area contributed by atoms with Gasteiger partial charge in [-0.2, -0.15) is 0 Å². The van der Waals surface area contributed by atoms with Gasteiger partial charge in [0.25, 0.3) is 11.8 Å². The Morgan fingerprint density at radius 3 is 2.85 bits per heavy atom. The van der Waals surface area contributed by atoms with Gasteiger partial charge in [-0.1, -0.05) is 6.07 Å². The zero-order valence-corrected chi connectivity index (χ0v) is 16.0. The van der Waals surface area contributed by atoms with Crippen LogP contribution in [0.2, 0.25) is 0 Å². The summed E-state index contributed by atoms with van der Waals surface area (Å²) in [6, 6.07) is 11.1. The topological polar surface area (TPSA) is 58.6 Å². The van der Waals surface area contributed by atoms with Crippen molar-refractivity contribution in [1.82, 2.24) is 10.2 Å². The van der Waals surface area contributed by atoms with Gasteiger partial charge in [0.15, 0.2) is 6.61 Å². The lowest BCUT2D eigenvalue weighted by Gasteiger charge is -2.26. The number of ether oxygens (including phenoxy) is 1. The molecule has 2 amide bonds. The summed E-state index contributed by atoms with van der Waals surface area (Å²) in [5, 5.41) is 2.98. The number of amides is 2. The predicted molar refractivity (Wildman–Crippen MR) is 103 cm³/mol. The summed E-state index contributed by atoms with van der Waals surface area (Å²) in [5.74, 6) is 0.578. The molecule has 2 aromatic rings. The van der Waals surface area contributed by atoms with Crippen LogP contribution in [0.15, 0.2) is 47.4 Å². The summed E-state index contributed by atoms with van der Waals surface area (Å²) >= 11 is 1.66. The van der Waals surface area contributed by atoms with Crippen LogP contribution < -0.4 is 10.1 Å². The molecule has 142 valence electrons. The number of nitrogens with one attached hydrogen (secondary N) is 1. The second kappa shape index (κ2) is 8.43. The Kier molecular flexibility index (Phi) is 6.01. The summed E-state index contributed by atoms with van der Waals surface area (Å²) in [5.41, 5.74) is 1.24. The van der Waals surface area contributed by atoms with Gasteiger partial charge in [-0.15, -0.1) is 11.8 Å². The Morgan fingerprint density at radius 1 is 1.26 bits per heavy atom. The highest BCUT2D eigenvalue weighted by molar-refractivity contribution is 7.99. The normalized spacial score (nSPS) is 15.6. The van der Waals surface area contributed by atoms with E-state index >= 15 is 0 Å². The molecule has 27 heavy (non-hydrogen) atoms. The molecule has 0 aromatic heterocycles. The van der Waals surface area contributed by atoms with Crippen LogP contribution in [0.1, 0.15) is 28.4 Å². The van der Waals surface area contributed by atoms with Crippen molar-refractivity contribution in [3.05, 3.63) is 59.4 Å². The van der Waals surface area contributed by atoms with E-state index in [1.165, 1.54) is 17.0 Å². The molecule has 0 spiro atoms. The minimum atomic E-state index is -0.309. The molecule has 2 aromatic carbocycles. The molecule has 1 atom stereocenters. The summed E-state index contributed by atoms with van der Waals surface area (Å²) in [6.45, 7) is -0.0927. The number of carbonyl (C=O) groups is 2. The molecule has 1 heterocycles. The number of hydrogen-bond acceptors (Lipinski definition) is 4. The standard InChI is InChI=1S/C20H21FN2O3S/c1-23(2)19(24)12-26-15-5-3-4-13(10-15)20(25)22-17-8-9-27-18-7-6-14(21)11-16(17)18/h3-7,10-11,17H,8-9,12H2,1-2H3,(H,22,25). The fourth-order valence-electron chi connectivity index (χ4n) is 2.76. The maximum absolute atomic E-state index is 13.6. The molecule has 0 saturated heterocycles. The van der Waals surface area contributed by atoms with Gasteiger partial charge in [0, 0.05) is 30.3 Å². The number of nitrogens with zero attached hydrogens (tertiary/aromatic N) is 1. The first kappa shape index (κ1) is 19.2. The summed E-state index contributed by atoms with van der Waals surface area (Å²) < 4.78 is 19.1. The number of fused-ring (bicyclic) bond motifs is 1. The molecular formula is C20H21FN2O3S. The Bertz CT molecular complexity index is 857. The second-order valence-electron chi connectivity index (χ2n) is 6.45. The number of thioether (sulfide) groups is 1. The van der Waals surface area contributed by atoms with Crippen LogP contribution >= 0.6 is 11.8 Å². The first-order chi connectivity index (χ1) is 12.9. The van der Waals surface area contributed by atoms with Gasteiger partial charge in [-0.25, -0.2) is 4.39 Å². The number of rotatable bonds is 5. The van der Waals surface area contributed by atoms with Crippen LogP contribution in [0.3, 0.4) is 0 Å². The van der Waals surface area contributed by atoms with Crippen molar-refractivity contribution in [2.45, 2.75) is 17.4 Å². The lowest BCUT2D eigenvalue weighted by Crippen LogP contribution is -2.31. The maximum atomic E-state index is 13.6. The van der Waals surface area contributed by atoms with E-state index in [2.05, 4.69) is 5.32 Å². The minimum Gasteiger partial charge on any atom is -0.484 e. The molecule has 1 unspecified atom stereocenters. The highest BCUT2D eigenvalue weighted by Gasteiger charge is 2.23. The van der Waals surface area contributed by atoms with Gasteiger partial charge in [0.05, 0.1) is 6.04 Å². The first-order valence-electron chi connectivity index (χ1n) is 8.60. The monoisotopic (exact) mass is 388 g/mol. The van der Waals surface area contributed by atoms with Crippen molar-refractivity contribution in [1.29, 1.82) is 0 Å². The lowest BCUT2D eigenvalue weighted by molar-refractivity contribution is -0.130. The second-order valence-corrected chi connectivity index (χ2v) is 7.59. The zero-order valence-electron chi connectivity index (χ0n) is 15.2. The van der Waals surface area contributed by atoms with Gasteiger partial charge in [0.2, 0.25) is 0 Å². The summed E-state index contributed by atoms with van der Waals surface area (Å²) in [7, 11) is 3.30. The Morgan fingerprint density at radius 2 is 2.07 bits per heavy atom. The van der Waals surface area contributed by atoms with Crippen molar-refractivity contribution in [2.75, 3.05) is 26.5 Å². The van der Waals surface area contributed by atoms with E-state index in [1.54, 1.807) is 56.2 Å². The van der Waals surface area contributed by atoms with E-state index < -0.39 is 0 Å². The van der Waals surface area contributed by atoms with E-state index in [1.807, 2.05) is 0 Å². The highest BCUT2D eigenvalue weighted by atomic mass is 32.2. The molecule has 0 fully saturated rings. The highest BCUT2D eigenvalue weighted by Crippen LogP contribution is 2.36.